The number of amides is 1. The Morgan fingerprint density at radius 3 is 2.89 bits per heavy atom. The lowest BCUT2D eigenvalue weighted by atomic mass is 9.86. The van der Waals surface area contributed by atoms with Gasteiger partial charge in [0.25, 0.3) is 0 Å². The molecule has 0 bridgehead atoms. The van der Waals surface area contributed by atoms with E-state index in [4.69, 9.17) is 4.42 Å². The predicted molar refractivity (Wildman–Crippen MR) is 108 cm³/mol. The first-order valence-corrected chi connectivity index (χ1v) is 11.0. The van der Waals surface area contributed by atoms with E-state index in [1.165, 1.54) is 11.1 Å². The summed E-state index contributed by atoms with van der Waals surface area (Å²) in [6.07, 6.45) is 6.47. The van der Waals surface area contributed by atoms with E-state index in [1.807, 2.05) is 16.8 Å². The lowest BCUT2D eigenvalue weighted by Gasteiger charge is -2.36. The number of hydrogen-bond donors (Lipinski definition) is 0. The van der Waals surface area contributed by atoms with E-state index in [0.29, 0.717) is 30.7 Å². The van der Waals surface area contributed by atoms with Crippen LogP contribution in [-0.4, -0.2) is 27.0 Å². The number of rotatable bonds is 6. The first-order valence-electron chi connectivity index (χ1n) is 10.0. The van der Waals surface area contributed by atoms with E-state index in [0.717, 1.165) is 37.7 Å². The van der Waals surface area contributed by atoms with Gasteiger partial charge in [-0.25, -0.2) is 0 Å². The van der Waals surface area contributed by atoms with Gasteiger partial charge in [0.05, 0.1) is 6.04 Å². The molecule has 1 saturated carbocycles. The summed E-state index contributed by atoms with van der Waals surface area (Å²) >= 11 is 1.60. The van der Waals surface area contributed by atoms with Crippen molar-refractivity contribution in [3.05, 3.63) is 58.1 Å². The number of hydrogen-bond acceptors (Lipinski definition) is 5. The molecule has 0 radical (unpaired) electrons. The summed E-state index contributed by atoms with van der Waals surface area (Å²) in [6, 6.07) is 11.2. The number of nitrogens with zero attached hydrogens (tertiary/aromatic N) is 3. The Kier molecular flexibility index (Phi) is 4.72. The monoisotopic (exact) mass is 393 g/mol. The minimum absolute atomic E-state index is 0.208. The van der Waals surface area contributed by atoms with Crippen LogP contribution in [0.25, 0.3) is 11.5 Å². The molecule has 1 aromatic carbocycles. The molecule has 5 nitrogen and oxygen atoms in total. The maximum absolute atomic E-state index is 13.2. The van der Waals surface area contributed by atoms with E-state index in [-0.39, 0.29) is 11.9 Å². The van der Waals surface area contributed by atoms with Crippen LogP contribution in [0.15, 0.2) is 45.5 Å². The molecule has 2 aliphatic carbocycles. The van der Waals surface area contributed by atoms with E-state index < -0.39 is 0 Å². The van der Waals surface area contributed by atoms with Crippen LogP contribution >= 0.6 is 11.3 Å². The van der Waals surface area contributed by atoms with Gasteiger partial charge in [-0.2, -0.15) is 11.3 Å². The molecule has 2 aromatic heterocycles. The van der Waals surface area contributed by atoms with E-state index in [2.05, 4.69) is 39.4 Å². The average Bonchev–Trinajstić information content (AvgIpc) is 3.20. The minimum atomic E-state index is 0.208. The average molecular weight is 394 g/mol. The minimum Gasteiger partial charge on any atom is -0.421 e. The van der Waals surface area contributed by atoms with Gasteiger partial charge in [0.1, 0.15) is 0 Å². The molecule has 0 aliphatic heterocycles. The molecule has 2 aliphatic rings. The molecular formula is C22H23N3O2S. The Hall–Kier alpha value is -2.47. The fourth-order valence-corrected chi connectivity index (χ4v) is 4.83. The highest BCUT2D eigenvalue weighted by Crippen LogP contribution is 2.41. The van der Waals surface area contributed by atoms with Crippen LogP contribution in [0.5, 0.6) is 0 Å². The second-order valence-corrected chi connectivity index (χ2v) is 8.43. The molecule has 1 atom stereocenters. The van der Waals surface area contributed by atoms with Gasteiger partial charge in [0.15, 0.2) is 0 Å². The van der Waals surface area contributed by atoms with E-state index in [1.54, 1.807) is 11.3 Å². The Morgan fingerprint density at radius 2 is 2.07 bits per heavy atom. The maximum atomic E-state index is 13.2. The first kappa shape index (κ1) is 17.6. The number of carbonyl (C=O) groups excluding carboxylic acids is 1. The summed E-state index contributed by atoms with van der Waals surface area (Å²) in [4.78, 5) is 15.3. The van der Waals surface area contributed by atoms with Crippen LogP contribution < -0.4 is 0 Å². The molecule has 0 spiro atoms. The maximum Gasteiger partial charge on any atom is 0.248 e. The van der Waals surface area contributed by atoms with Crippen molar-refractivity contribution >= 4 is 17.2 Å². The molecule has 0 N–H and O–H groups in total. The van der Waals surface area contributed by atoms with Crippen molar-refractivity contribution < 1.29 is 9.21 Å². The van der Waals surface area contributed by atoms with Crippen molar-refractivity contribution in [1.82, 2.24) is 15.1 Å². The van der Waals surface area contributed by atoms with E-state index in [9.17, 15) is 4.79 Å². The largest absolute Gasteiger partial charge is 0.421 e. The van der Waals surface area contributed by atoms with Gasteiger partial charge >= 0.3 is 0 Å². The summed E-state index contributed by atoms with van der Waals surface area (Å²) < 4.78 is 5.75. The molecule has 0 saturated heterocycles. The summed E-state index contributed by atoms with van der Waals surface area (Å²) in [6.45, 7) is 0. The number of fused-ring (bicyclic) bond motifs is 1. The number of carbonyl (C=O) groups is 1. The standard InChI is InChI=1S/C22H23N3O2S/c26-21(11-10-20-23-24-22(27-20)16-12-13-28-14-16)25(17-8-9-17)19-7-3-5-15-4-1-2-6-18(15)19/h1-2,4,6,12-14,17,19H,3,5,7-11H2. The van der Waals surface area contributed by atoms with Crippen molar-refractivity contribution in [2.24, 2.45) is 0 Å². The molecule has 6 heteroatoms. The number of thiophene rings is 1. The number of aryl methyl sites for hydroxylation is 2. The van der Waals surface area contributed by atoms with Crippen LogP contribution in [0.2, 0.25) is 0 Å². The normalized spacial score (nSPS) is 18.6. The third-order valence-corrected chi connectivity index (χ3v) is 6.37. The van der Waals surface area contributed by atoms with Gasteiger partial charge in [-0.15, -0.1) is 10.2 Å². The van der Waals surface area contributed by atoms with Crippen LogP contribution in [0.1, 0.15) is 55.2 Å². The Labute approximate surface area is 168 Å². The molecule has 2 heterocycles. The Bertz CT molecular complexity index is 962. The zero-order valence-corrected chi connectivity index (χ0v) is 16.5. The smallest absolute Gasteiger partial charge is 0.248 e. The Balaban J connectivity index is 1.30. The molecule has 5 rings (SSSR count). The quantitative estimate of drug-likeness (QED) is 0.604. The van der Waals surface area contributed by atoms with Crippen molar-refractivity contribution in [3.8, 4) is 11.5 Å². The van der Waals surface area contributed by atoms with E-state index >= 15 is 0 Å². The van der Waals surface area contributed by atoms with Gasteiger partial charge < -0.3 is 9.32 Å². The number of aromatic nitrogens is 2. The third kappa shape index (κ3) is 3.49. The number of benzene rings is 1. The zero-order valence-electron chi connectivity index (χ0n) is 15.7. The highest BCUT2D eigenvalue weighted by Gasteiger charge is 2.39. The summed E-state index contributed by atoms with van der Waals surface area (Å²) in [5.74, 6) is 1.28. The van der Waals surface area contributed by atoms with Crippen molar-refractivity contribution in [1.29, 1.82) is 0 Å². The fraction of sp³-hybridized carbons (Fsp3) is 0.409. The predicted octanol–water partition coefficient (Wildman–Crippen LogP) is 4.80. The van der Waals surface area contributed by atoms with Crippen LogP contribution in [-0.2, 0) is 17.6 Å². The van der Waals surface area contributed by atoms with Gasteiger partial charge in [0, 0.05) is 29.8 Å². The lowest BCUT2D eigenvalue weighted by Crippen LogP contribution is -2.38. The molecule has 1 fully saturated rings. The highest BCUT2D eigenvalue weighted by molar-refractivity contribution is 7.08. The van der Waals surface area contributed by atoms with Gasteiger partial charge in [-0.3, -0.25) is 4.79 Å². The van der Waals surface area contributed by atoms with Crippen molar-refractivity contribution in [2.45, 2.75) is 57.0 Å². The lowest BCUT2D eigenvalue weighted by molar-refractivity contribution is -0.134. The zero-order chi connectivity index (χ0) is 18.9. The van der Waals surface area contributed by atoms with Crippen LogP contribution in [0, 0.1) is 0 Å². The van der Waals surface area contributed by atoms with Crippen LogP contribution in [0.4, 0.5) is 0 Å². The Morgan fingerprint density at radius 1 is 1.18 bits per heavy atom. The highest BCUT2D eigenvalue weighted by atomic mass is 32.1. The topological polar surface area (TPSA) is 59.2 Å². The van der Waals surface area contributed by atoms with Crippen molar-refractivity contribution in [3.63, 3.8) is 0 Å². The molecule has 1 unspecified atom stereocenters. The van der Waals surface area contributed by atoms with Gasteiger partial charge in [0.2, 0.25) is 17.7 Å². The van der Waals surface area contributed by atoms with Gasteiger partial charge in [-0.05, 0) is 54.7 Å². The van der Waals surface area contributed by atoms with Crippen LogP contribution in [0.3, 0.4) is 0 Å². The molecule has 144 valence electrons. The fourth-order valence-electron chi connectivity index (χ4n) is 4.20. The molecule has 28 heavy (non-hydrogen) atoms. The molecule has 1 amide bonds. The first-order chi connectivity index (χ1) is 13.8. The summed E-state index contributed by atoms with van der Waals surface area (Å²) in [7, 11) is 0. The molecular weight excluding hydrogens is 370 g/mol. The van der Waals surface area contributed by atoms with Gasteiger partial charge in [-0.1, -0.05) is 24.3 Å². The summed E-state index contributed by atoms with van der Waals surface area (Å²) in [5, 5.41) is 12.2. The molecule has 3 aromatic rings. The second-order valence-electron chi connectivity index (χ2n) is 7.65. The summed E-state index contributed by atoms with van der Waals surface area (Å²) in [5.41, 5.74) is 3.68. The third-order valence-electron chi connectivity index (χ3n) is 5.69. The second kappa shape index (κ2) is 7.51. The SMILES string of the molecule is O=C(CCc1nnc(-c2ccsc2)o1)N(C1CC1)C1CCCc2ccccc21. The van der Waals surface area contributed by atoms with Crippen molar-refractivity contribution in [2.75, 3.05) is 0 Å².